The molecule has 0 spiro atoms. The molecule has 0 aromatic rings. The molecule has 0 saturated carbocycles. The van der Waals surface area contributed by atoms with Crippen molar-refractivity contribution in [1.29, 1.82) is 0 Å². The molecule has 1 N–H and O–H groups in total. The fourth-order valence-electron chi connectivity index (χ4n) is 3.50. The lowest BCUT2D eigenvalue weighted by atomic mass is 9.96. The molecule has 0 amide bonds. The second kappa shape index (κ2) is 11.3. The molecule has 25 heteroatoms. The lowest BCUT2D eigenvalue weighted by molar-refractivity contribution is -0.422. The number of alkyl halides is 22. The SMILES string of the molecule is C[Si](C)(CCC(F)(F)C(F)(F)C(F)(F)C(F)(F)C(F)(F)F)N[Si](C)(C)CCC(F)(F)C(F)(F)C(F)(F)C(F)(F)C(F)(F)F. The summed E-state index contributed by atoms with van der Waals surface area (Å²) in [6.07, 6.45) is -19.9. The minimum absolute atomic E-state index is 0.837. The Kier molecular flexibility index (Phi) is 11.0. The lowest BCUT2D eigenvalue weighted by Gasteiger charge is -2.40. The summed E-state index contributed by atoms with van der Waals surface area (Å²) < 4.78 is 292. The number of nitrogens with one attached hydrogen (secondary N) is 1. The van der Waals surface area contributed by atoms with Crippen LogP contribution in [-0.2, 0) is 0 Å². The Labute approximate surface area is 229 Å². The Morgan fingerprint density at radius 1 is 0.349 bits per heavy atom. The first-order valence-corrected chi connectivity index (χ1v) is 17.5. The molecule has 0 atom stereocenters. The summed E-state index contributed by atoms with van der Waals surface area (Å²) in [7, 11) is -7.82. The predicted molar refractivity (Wildman–Crippen MR) is 109 cm³/mol. The maximum Gasteiger partial charge on any atom is 0.460 e. The Morgan fingerprint density at radius 3 is 0.744 bits per heavy atom. The van der Waals surface area contributed by atoms with E-state index in [-0.39, 0.29) is 0 Å². The van der Waals surface area contributed by atoms with E-state index in [4.69, 9.17) is 0 Å². The second-order valence-electron chi connectivity index (χ2n) is 10.7. The summed E-state index contributed by atoms with van der Waals surface area (Å²) >= 11 is 0. The van der Waals surface area contributed by atoms with Crippen LogP contribution in [0.3, 0.4) is 0 Å². The van der Waals surface area contributed by atoms with Gasteiger partial charge in [0.25, 0.3) is 0 Å². The number of hydrogen-bond donors (Lipinski definition) is 1. The fraction of sp³-hybridized carbons (Fsp3) is 1.00. The molecule has 0 aromatic heterocycles. The summed E-state index contributed by atoms with van der Waals surface area (Å²) in [5.41, 5.74) is 0. The fourth-order valence-corrected chi connectivity index (χ4v) is 13.7. The molecule has 0 bridgehead atoms. The summed E-state index contributed by atoms with van der Waals surface area (Å²) in [6, 6.07) is -2.86. The molecule has 0 rings (SSSR count). The maximum atomic E-state index is 14.0. The first-order valence-electron chi connectivity index (χ1n) is 11.1. The van der Waals surface area contributed by atoms with Gasteiger partial charge in [0, 0.05) is 12.8 Å². The monoisotopic (exact) mass is 725 g/mol. The van der Waals surface area contributed by atoms with E-state index >= 15 is 0 Å². The molecule has 0 heterocycles. The molecule has 1 nitrogen and oxygen atoms in total. The highest BCUT2D eigenvalue weighted by Gasteiger charge is 2.88. The average Bonchev–Trinajstić information content (AvgIpc) is 2.73. The van der Waals surface area contributed by atoms with Crippen molar-refractivity contribution in [2.45, 2.75) is 111 Å². The van der Waals surface area contributed by atoms with Crippen LogP contribution in [0, 0.1) is 0 Å². The topological polar surface area (TPSA) is 12.0 Å². The van der Waals surface area contributed by atoms with Crippen molar-refractivity contribution in [3.8, 4) is 0 Å². The minimum atomic E-state index is -7.70. The van der Waals surface area contributed by atoms with Gasteiger partial charge in [0.05, 0.1) is 0 Å². The van der Waals surface area contributed by atoms with E-state index in [1.54, 1.807) is 0 Å². The number of hydrogen-bond acceptors (Lipinski definition) is 1. The minimum Gasteiger partial charge on any atom is -0.359 e. The van der Waals surface area contributed by atoms with Crippen molar-refractivity contribution in [3.63, 3.8) is 0 Å². The molecule has 0 fully saturated rings. The van der Waals surface area contributed by atoms with E-state index in [0.29, 0.717) is 0 Å². The van der Waals surface area contributed by atoms with Gasteiger partial charge in [-0.3, -0.25) is 0 Å². The van der Waals surface area contributed by atoms with Crippen LogP contribution >= 0.6 is 0 Å². The van der Waals surface area contributed by atoms with Crippen molar-refractivity contribution in [2.24, 2.45) is 0 Å². The normalized spacial score (nSPS) is 16.6. The molecular weight excluding hydrogens is 704 g/mol. The first-order chi connectivity index (χ1) is 18.1. The zero-order chi connectivity index (χ0) is 35.5. The quantitative estimate of drug-likeness (QED) is 0.139. The van der Waals surface area contributed by atoms with Crippen molar-refractivity contribution in [2.75, 3.05) is 0 Å². The van der Waals surface area contributed by atoms with E-state index in [1.807, 2.05) is 0 Å². The predicted octanol–water partition coefficient (Wildman–Crippen LogP) is 9.97. The van der Waals surface area contributed by atoms with Gasteiger partial charge in [0.1, 0.15) is 16.5 Å². The number of halogens is 22. The van der Waals surface area contributed by atoms with Gasteiger partial charge < -0.3 is 4.65 Å². The van der Waals surface area contributed by atoms with Gasteiger partial charge >= 0.3 is 59.7 Å². The van der Waals surface area contributed by atoms with Gasteiger partial charge in [-0.05, 0) is 12.1 Å². The summed E-state index contributed by atoms with van der Waals surface area (Å²) in [4.78, 5) is 0. The molecule has 43 heavy (non-hydrogen) atoms. The molecule has 0 unspecified atom stereocenters. The van der Waals surface area contributed by atoms with E-state index in [2.05, 4.69) is 4.65 Å². The Hall–Kier alpha value is -1.15. The largest absolute Gasteiger partial charge is 0.460 e. The second-order valence-corrected chi connectivity index (χ2v) is 20.3. The molecule has 0 radical (unpaired) electrons. The van der Waals surface area contributed by atoms with Crippen molar-refractivity contribution in [1.82, 2.24) is 4.65 Å². The Morgan fingerprint density at radius 2 is 0.558 bits per heavy atom. The van der Waals surface area contributed by atoms with E-state index in [0.717, 1.165) is 26.2 Å². The third kappa shape index (κ3) is 7.47. The average molecular weight is 726 g/mol. The first kappa shape index (κ1) is 41.9. The van der Waals surface area contributed by atoms with Crippen molar-refractivity contribution >= 4 is 16.5 Å². The number of rotatable bonds is 14. The van der Waals surface area contributed by atoms with Gasteiger partial charge in [-0.25, -0.2) is 0 Å². The van der Waals surface area contributed by atoms with Crippen molar-refractivity contribution < 1.29 is 96.6 Å². The Bertz CT molecular complexity index is 888. The highest BCUT2D eigenvalue weighted by molar-refractivity contribution is 6.91. The van der Waals surface area contributed by atoms with Gasteiger partial charge in [0.15, 0.2) is 0 Å². The molecule has 0 saturated heterocycles. The van der Waals surface area contributed by atoms with Crippen LogP contribution in [0.1, 0.15) is 12.8 Å². The third-order valence-corrected chi connectivity index (χ3v) is 14.4. The standard InChI is InChI=1S/C18H21F22NSi2/c1-42(2,7-5-9(19,20)11(23,24)13(27,28)15(31,32)17(35,36)37)41-43(3,4)8-6-10(21,22)12(25,26)14(29,30)16(33,34)18(38,39)40/h41H,5-8H2,1-4H3. The Balaban J connectivity index is 5.88. The van der Waals surface area contributed by atoms with Crippen LogP contribution in [0.4, 0.5) is 96.6 Å². The molecule has 0 aliphatic heterocycles. The van der Waals surface area contributed by atoms with Gasteiger partial charge in [-0.15, -0.1) is 0 Å². The summed E-state index contributed by atoms with van der Waals surface area (Å²) in [5, 5.41) is 0. The summed E-state index contributed by atoms with van der Waals surface area (Å²) in [6.45, 7) is 3.35. The third-order valence-electron chi connectivity index (χ3n) is 6.01. The van der Waals surface area contributed by atoms with E-state index < -0.39 is 101 Å². The smallest absolute Gasteiger partial charge is 0.359 e. The molecule has 0 aliphatic rings. The van der Waals surface area contributed by atoms with Gasteiger partial charge in [-0.1, -0.05) is 26.2 Å². The van der Waals surface area contributed by atoms with Crippen molar-refractivity contribution in [3.05, 3.63) is 0 Å². The van der Waals surface area contributed by atoms with Crippen LogP contribution in [-0.4, -0.2) is 76.2 Å². The molecular formula is C18H21F22NSi2. The van der Waals surface area contributed by atoms with Crippen LogP contribution in [0.15, 0.2) is 0 Å². The van der Waals surface area contributed by atoms with Crippen LogP contribution in [0.2, 0.25) is 38.3 Å². The van der Waals surface area contributed by atoms with E-state index in [9.17, 15) is 96.6 Å². The molecule has 0 aliphatic carbocycles. The molecule has 0 aromatic carbocycles. The van der Waals surface area contributed by atoms with Crippen LogP contribution in [0.5, 0.6) is 0 Å². The van der Waals surface area contributed by atoms with Gasteiger partial charge in [0.2, 0.25) is 0 Å². The zero-order valence-corrected chi connectivity index (χ0v) is 23.6. The van der Waals surface area contributed by atoms with Crippen LogP contribution in [0.25, 0.3) is 0 Å². The summed E-state index contributed by atoms with van der Waals surface area (Å²) in [5.74, 6) is -57.9. The van der Waals surface area contributed by atoms with E-state index in [1.165, 1.54) is 0 Å². The van der Waals surface area contributed by atoms with Crippen LogP contribution < -0.4 is 4.65 Å². The highest BCUT2D eigenvalue weighted by atomic mass is 28.4. The maximum absolute atomic E-state index is 14.0. The highest BCUT2D eigenvalue weighted by Crippen LogP contribution is 2.59. The molecule has 260 valence electrons. The zero-order valence-electron chi connectivity index (χ0n) is 21.6. The lowest BCUT2D eigenvalue weighted by Crippen LogP contribution is -2.67. The van der Waals surface area contributed by atoms with Gasteiger partial charge in [-0.2, -0.15) is 96.6 Å².